The summed E-state index contributed by atoms with van der Waals surface area (Å²) in [6.45, 7) is 17.8. The molecule has 2 unspecified atom stereocenters. The molecule has 0 bridgehead atoms. The van der Waals surface area contributed by atoms with Crippen LogP contribution in [0.25, 0.3) is 0 Å². The molecule has 1 saturated heterocycles. The van der Waals surface area contributed by atoms with Crippen LogP contribution >= 0.6 is 0 Å². The summed E-state index contributed by atoms with van der Waals surface area (Å²) in [5, 5.41) is 6.06. The van der Waals surface area contributed by atoms with Crippen molar-refractivity contribution in [1.29, 1.82) is 0 Å². The Kier molecular flexibility index (Phi) is 13.6. The van der Waals surface area contributed by atoms with Gasteiger partial charge in [-0.25, -0.2) is 0 Å². The number of hydrogen-bond acceptors (Lipinski definition) is 4. The van der Waals surface area contributed by atoms with E-state index in [2.05, 4.69) is 36.3 Å². The van der Waals surface area contributed by atoms with Crippen LogP contribution in [-0.2, 0) is 14.4 Å². The van der Waals surface area contributed by atoms with E-state index in [4.69, 9.17) is 0 Å². The van der Waals surface area contributed by atoms with Crippen molar-refractivity contribution in [2.45, 2.75) is 118 Å². The largest absolute Gasteiger partial charge is 0.352 e. The molecule has 3 amide bonds. The Morgan fingerprint density at radius 1 is 1.03 bits per heavy atom. The molecule has 35 heavy (non-hydrogen) atoms. The summed E-state index contributed by atoms with van der Waals surface area (Å²) in [5.74, 6) is -0.202. The molecule has 2 N–H and O–H groups in total. The Balaban J connectivity index is 2.98. The monoisotopic (exact) mass is 492 g/mol. The van der Waals surface area contributed by atoms with Gasteiger partial charge in [0, 0.05) is 25.2 Å². The standard InChI is InChI=1S/C28H52N4O3/c1-10-11-13-16-29-26(33)22(8)18-24(19(2)3)31(9)28(35)25(20(4)5)30-27(34)23-15-12-14-17-32(23)21(6)7/h18-21,23-25H,10-17H2,1-9H3,(H,29,33)(H,30,34)/b22-18+/t23?,24-,25?/m1/s1. The summed E-state index contributed by atoms with van der Waals surface area (Å²) in [6.07, 6.45) is 8.00. The van der Waals surface area contributed by atoms with Crippen LogP contribution in [0.5, 0.6) is 0 Å². The maximum atomic E-state index is 13.6. The summed E-state index contributed by atoms with van der Waals surface area (Å²) >= 11 is 0. The van der Waals surface area contributed by atoms with E-state index < -0.39 is 6.04 Å². The van der Waals surface area contributed by atoms with Crippen LogP contribution in [0.2, 0.25) is 0 Å². The molecule has 0 aromatic rings. The normalized spacial score (nSPS) is 19.1. The quantitative estimate of drug-likeness (QED) is 0.299. The number of hydrogen-bond donors (Lipinski definition) is 2. The third-order valence-electron chi connectivity index (χ3n) is 7.06. The highest BCUT2D eigenvalue weighted by Gasteiger charge is 2.35. The molecule has 0 radical (unpaired) electrons. The van der Waals surface area contributed by atoms with Gasteiger partial charge < -0.3 is 15.5 Å². The van der Waals surface area contributed by atoms with E-state index in [-0.39, 0.29) is 47.7 Å². The van der Waals surface area contributed by atoms with Gasteiger partial charge >= 0.3 is 0 Å². The molecular weight excluding hydrogens is 440 g/mol. The van der Waals surface area contributed by atoms with Crippen LogP contribution in [-0.4, -0.2) is 71.8 Å². The van der Waals surface area contributed by atoms with Gasteiger partial charge in [-0.2, -0.15) is 0 Å². The number of carbonyl (C=O) groups excluding carboxylic acids is 3. The van der Waals surface area contributed by atoms with E-state index in [9.17, 15) is 14.4 Å². The highest BCUT2D eigenvalue weighted by molar-refractivity contribution is 5.93. The van der Waals surface area contributed by atoms with Gasteiger partial charge in [0.25, 0.3) is 0 Å². The number of carbonyl (C=O) groups is 3. The predicted octanol–water partition coefficient (Wildman–Crippen LogP) is 4.13. The molecule has 0 aromatic heterocycles. The van der Waals surface area contributed by atoms with Crippen LogP contribution < -0.4 is 10.6 Å². The number of unbranched alkanes of at least 4 members (excludes halogenated alkanes) is 2. The zero-order chi connectivity index (χ0) is 26.7. The van der Waals surface area contributed by atoms with E-state index in [1.807, 2.05) is 33.8 Å². The van der Waals surface area contributed by atoms with Crippen molar-refractivity contribution in [3.63, 3.8) is 0 Å². The minimum Gasteiger partial charge on any atom is -0.352 e. The summed E-state index contributed by atoms with van der Waals surface area (Å²) in [4.78, 5) is 43.4. The van der Waals surface area contributed by atoms with Gasteiger partial charge in [-0.3, -0.25) is 19.3 Å². The number of rotatable bonds is 13. The Bertz CT molecular complexity index is 717. The molecule has 202 valence electrons. The van der Waals surface area contributed by atoms with Crippen molar-refractivity contribution >= 4 is 17.7 Å². The van der Waals surface area contributed by atoms with Crippen molar-refractivity contribution in [3.8, 4) is 0 Å². The molecule has 7 heteroatoms. The smallest absolute Gasteiger partial charge is 0.246 e. The van der Waals surface area contributed by atoms with Crippen molar-refractivity contribution in [2.75, 3.05) is 20.1 Å². The predicted molar refractivity (Wildman–Crippen MR) is 144 cm³/mol. The fraction of sp³-hybridized carbons (Fsp3) is 0.821. The Morgan fingerprint density at radius 3 is 2.23 bits per heavy atom. The molecule has 0 aliphatic carbocycles. The van der Waals surface area contributed by atoms with Gasteiger partial charge in [0.2, 0.25) is 17.7 Å². The number of likely N-dealkylation sites (tertiary alicyclic amines) is 1. The van der Waals surface area contributed by atoms with E-state index in [0.29, 0.717) is 12.1 Å². The molecule has 1 rings (SSSR count). The van der Waals surface area contributed by atoms with E-state index in [0.717, 1.165) is 45.1 Å². The lowest BCUT2D eigenvalue weighted by molar-refractivity contribution is -0.140. The first-order chi connectivity index (χ1) is 16.4. The summed E-state index contributed by atoms with van der Waals surface area (Å²) in [5.41, 5.74) is 0.611. The van der Waals surface area contributed by atoms with E-state index in [1.54, 1.807) is 18.9 Å². The first-order valence-electron chi connectivity index (χ1n) is 13.7. The lowest BCUT2D eigenvalue weighted by Crippen LogP contribution is -2.58. The van der Waals surface area contributed by atoms with Crippen LogP contribution in [0, 0.1) is 11.8 Å². The van der Waals surface area contributed by atoms with Crippen LogP contribution in [0.3, 0.4) is 0 Å². The second kappa shape index (κ2) is 15.3. The molecule has 7 nitrogen and oxygen atoms in total. The fourth-order valence-electron chi connectivity index (χ4n) is 4.78. The van der Waals surface area contributed by atoms with Crippen LogP contribution in [0.4, 0.5) is 0 Å². The second-order valence-electron chi connectivity index (χ2n) is 11.1. The van der Waals surface area contributed by atoms with Gasteiger partial charge in [0.15, 0.2) is 0 Å². The van der Waals surface area contributed by atoms with Gasteiger partial charge in [0.05, 0.1) is 12.1 Å². The van der Waals surface area contributed by atoms with Crippen molar-refractivity contribution in [3.05, 3.63) is 11.6 Å². The van der Waals surface area contributed by atoms with Crippen molar-refractivity contribution < 1.29 is 14.4 Å². The third-order valence-corrected chi connectivity index (χ3v) is 7.06. The molecule has 1 aliphatic rings. The Hall–Kier alpha value is -1.89. The van der Waals surface area contributed by atoms with Gasteiger partial charge in [-0.1, -0.05) is 60.0 Å². The third kappa shape index (κ3) is 9.59. The maximum absolute atomic E-state index is 13.6. The van der Waals surface area contributed by atoms with Crippen LogP contribution in [0.1, 0.15) is 93.9 Å². The van der Waals surface area contributed by atoms with E-state index >= 15 is 0 Å². The lowest BCUT2D eigenvalue weighted by atomic mass is 9.95. The maximum Gasteiger partial charge on any atom is 0.246 e. The average molecular weight is 493 g/mol. The lowest BCUT2D eigenvalue weighted by Gasteiger charge is -2.39. The number of nitrogens with one attached hydrogen (secondary N) is 2. The van der Waals surface area contributed by atoms with Crippen molar-refractivity contribution in [1.82, 2.24) is 20.4 Å². The van der Waals surface area contributed by atoms with Crippen molar-refractivity contribution in [2.24, 2.45) is 11.8 Å². The van der Waals surface area contributed by atoms with Gasteiger partial charge in [-0.05, 0) is 58.4 Å². The highest BCUT2D eigenvalue weighted by Crippen LogP contribution is 2.21. The molecular formula is C28H52N4O3. The average Bonchev–Trinajstić information content (AvgIpc) is 2.81. The minimum absolute atomic E-state index is 0.0512. The second-order valence-corrected chi connectivity index (χ2v) is 11.1. The molecule has 1 fully saturated rings. The SMILES string of the molecule is CCCCCNC(=O)/C(C)=C/[C@H](C(C)C)N(C)C(=O)C(NC(=O)C1CCCCN1C(C)C)C(C)C. The van der Waals surface area contributed by atoms with Crippen LogP contribution in [0.15, 0.2) is 11.6 Å². The Labute approximate surface area is 214 Å². The molecule has 0 spiro atoms. The zero-order valence-electron chi connectivity index (χ0n) is 23.8. The topological polar surface area (TPSA) is 81.8 Å². The summed E-state index contributed by atoms with van der Waals surface area (Å²) < 4.78 is 0. The molecule has 1 heterocycles. The number of piperidine rings is 1. The minimum atomic E-state index is -0.610. The first-order valence-corrected chi connectivity index (χ1v) is 13.7. The first kappa shape index (κ1) is 31.1. The molecule has 0 aromatic carbocycles. The van der Waals surface area contributed by atoms with E-state index in [1.165, 1.54) is 0 Å². The van der Waals surface area contributed by atoms with Gasteiger partial charge in [0.1, 0.15) is 6.04 Å². The molecule has 3 atom stereocenters. The highest BCUT2D eigenvalue weighted by atomic mass is 16.2. The number of nitrogens with zero attached hydrogens (tertiary/aromatic N) is 2. The zero-order valence-corrected chi connectivity index (χ0v) is 23.8. The summed E-state index contributed by atoms with van der Waals surface area (Å²) in [6, 6.07) is -0.763. The Morgan fingerprint density at radius 2 is 1.69 bits per heavy atom. The molecule has 1 aliphatic heterocycles. The fourth-order valence-corrected chi connectivity index (χ4v) is 4.78. The number of likely N-dealkylation sites (N-methyl/N-ethyl adjacent to an activating group) is 1. The molecule has 0 saturated carbocycles. The number of amides is 3. The van der Waals surface area contributed by atoms with Gasteiger partial charge in [-0.15, -0.1) is 0 Å². The summed E-state index contributed by atoms with van der Waals surface area (Å²) in [7, 11) is 1.78.